The van der Waals surface area contributed by atoms with E-state index in [2.05, 4.69) is 0 Å². The fourth-order valence-corrected chi connectivity index (χ4v) is 5.14. The highest BCUT2D eigenvalue weighted by atomic mass is 16.5. The molecule has 0 amide bonds. The van der Waals surface area contributed by atoms with Crippen LogP contribution in [0.3, 0.4) is 0 Å². The molecule has 0 aliphatic carbocycles. The van der Waals surface area contributed by atoms with Gasteiger partial charge in [0.15, 0.2) is 5.78 Å². The van der Waals surface area contributed by atoms with Crippen molar-refractivity contribution in [3.05, 3.63) is 144 Å². The molecule has 5 rings (SSSR count). The Hall–Kier alpha value is -6.02. The van der Waals surface area contributed by atoms with Gasteiger partial charge < -0.3 is 30.4 Å². The summed E-state index contributed by atoms with van der Waals surface area (Å²) in [5, 5.41) is 0. The lowest BCUT2D eigenvalue weighted by Crippen LogP contribution is -2.08. The van der Waals surface area contributed by atoms with Gasteiger partial charge in [0.05, 0.1) is 18.8 Å². The van der Waals surface area contributed by atoms with Gasteiger partial charge in [-0.15, -0.1) is 0 Å². The number of allylic oxidation sites excluding steroid dienone is 1. The Morgan fingerprint density at radius 1 is 0.520 bits per heavy atom. The SMILES string of the molecule is Nc1cc(N)cc(C(=O)OCCCCCCOc2ccc(-c3ccc(OCCOc4ccc(C=CC(=O)c5ccccc5)cc4)cc3)cc2)c1. The molecule has 0 saturated heterocycles. The second-order valence-corrected chi connectivity index (χ2v) is 11.7. The largest absolute Gasteiger partial charge is 0.494 e. The van der Waals surface area contributed by atoms with Crippen LogP contribution < -0.4 is 25.7 Å². The number of benzene rings is 5. The highest BCUT2D eigenvalue weighted by Gasteiger charge is 2.09. The Balaban J connectivity index is 0.933. The summed E-state index contributed by atoms with van der Waals surface area (Å²) in [5.74, 6) is 1.89. The van der Waals surface area contributed by atoms with Gasteiger partial charge in [-0.3, -0.25) is 4.79 Å². The summed E-state index contributed by atoms with van der Waals surface area (Å²) < 4.78 is 22.9. The minimum absolute atomic E-state index is 0.0303. The van der Waals surface area contributed by atoms with E-state index >= 15 is 0 Å². The fraction of sp³-hybridized carbons (Fsp3) is 0.190. The van der Waals surface area contributed by atoms with Crippen LogP contribution >= 0.6 is 0 Å². The number of hydrogen-bond donors (Lipinski definition) is 2. The third kappa shape index (κ3) is 11.3. The third-order valence-corrected chi connectivity index (χ3v) is 7.78. The normalized spacial score (nSPS) is 10.9. The summed E-state index contributed by atoms with van der Waals surface area (Å²) in [7, 11) is 0. The van der Waals surface area contributed by atoms with Gasteiger partial charge in [-0.2, -0.15) is 0 Å². The number of esters is 1. The molecular formula is C42H42N2O6. The molecule has 0 bridgehead atoms. The molecule has 4 N–H and O–H groups in total. The second-order valence-electron chi connectivity index (χ2n) is 11.7. The summed E-state index contributed by atoms with van der Waals surface area (Å²) in [6, 6.07) is 37.5. The van der Waals surface area contributed by atoms with Gasteiger partial charge in [0.2, 0.25) is 0 Å². The quantitative estimate of drug-likeness (QED) is 0.0312. The van der Waals surface area contributed by atoms with Gasteiger partial charge in [-0.1, -0.05) is 72.8 Å². The average molecular weight is 671 g/mol. The predicted molar refractivity (Wildman–Crippen MR) is 199 cm³/mol. The fourth-order valence-electron chi connectivity index (χ4n) is 5.14. The van der Waals surface area contributed by atoms with Gasteiger partial charge >= 0.3 is 5.97 Å². The minimum atomic E-state index is -0.412. The van der Waals surface area contributed by atoms with Crippen molar-refractivity contribution >= 4 is 29.2 Å². The molecule has 8 nitrogen and oxygen atoms in total. The maximum atomic E-state index is 12.3. The molecule has 5 aromatic rings. The summed E-state index contributed by atoms with van der Waals surface area (Å²) >= 11 is 0. The van der Waals surface area contributed by atoms with Crippen LogP contribution in [0.4, 0.5) is 11.4 Å². The van der Waals surface area contributed by atoms with Crippen molar-refractivity contribution in [2.24, 2.45) is 0 Å². The number of rotatable bonds is 18. The predicted octanol–water partition coefficient (Wildman–Crippen LogP) is 8.67. The van der Waals surface area contributed by atoms with Crippen LogP contribution in [0.1, 0.15) is 52.0 Å². The molecule has 0 aliphatic heterocycles. The molecule has 0 aromatic heterocycles. The second kappa shape index (κ2) is 18.5. The first-order chi connectivity index (χ1) is 24.4. The van der Waals surface area contributed by atoms with Crippen LogP contribution in [0.25, 0.3) is 17.2 Å². The number of nitrogens with two attached hydrogens (primary N) is 2. The maximum Gasteiger partial charge on any atom is 0.338 e. The van der Waals surface area contributed by atoms with E-state index in [0.717, 1.165) is 59.6 Å². The van der Waals surface area contributed by atoms with Crippen LogP contribution in [0.5, 0.6) is 17.2 Å². The van der Waals surface area contributed by atoms with Crippen molar-refractivity contribution in [3.63, 3.8) is 0 Å². The highest BCUT2D eigenvalue weighted by Crippen LogP contribution is 2.25. The molecule has 8 heteroatoms. The first kappa shape index (κ1) is 35.3. The monoisotopic (exact) mass is 670 g/mol. The van der Waals surface area contributed by atoms with E-state index in [0.29, 0.717) is 48.9 Å². The van der Waals surface area contributed by atoms with E-state index in [4.69, 9.17) is 30.4 Å². The molecule has 0 atom stereocenters. The molecule has 0 fully saturated rings. The van der Waals surface area contributed by atoms with E-state index in [9.17, 15) is 9.59 Å². The molecule has 0 radical (unpaired) electrons. The number of hydrogen-bond acceptors (Lipinski definition) is 8. The summed E-state index contributed by atoms with van der Waals surface area (Å²) in [6.07, 6.45) is 6.99. The van der Waals surface area contributed by atoms with Crippen molar-refractivity contribution in [1.29, 1.82) is 0 Å². The summed E-state index contributed by atoms with van der Waals surface area (Å²) in [5.41, 5.74) is 16.5. The van der Waals surface area contributed by atoms with E-state index in [1.54, 1.807) is 42.5 Å². The summed E-state index contributed by atoms with van der Waals surface area (Å²) in [6.45, 7) is 1.79. The van der Waals surface area contributed by atoms with Crippen LogP contribution in [-0.2, 0) is 4.74 Å². The van der Waals surface area contributed by atoms with Crippen molar-refractivity contribution in [1.82, 2.24) is 0 Å². The molecule has 5 aromatic carbocycles. The highest BCUT2D eigenvalue weighted by molar-refractivity contribution is 6.06. The Labute approximate surface area is 293 Å². The van der Waals surface area contributed by atoms with Crippen LogP contribution in [0, 0.1) is 0 Å². The zero-order chi connectivity index (χ0) is 35.0. The van der Waals surface area contributed by atoms with Crippen molar-refractivity contribution in [3.8, 4) is 28.4 Å². The number of carbonyl (C=O) groups excluding carboxylic acids is 2. The Morgan fingerprint density at radius 2 is 1.02 bits per heavy atom. The van der Waals surface area contributed by atoms with E-state index in [-0.39, 0.29) is 5.78 Å². The summed E-state index contributed by atoms with van der Waals surface area (Å²) in [4.78, 5) is 24.4. The number of ketones is 1. The lowest BCUT2D eigenvalue weighted by atomic mass is 10.1. The third-order valence-electron chi connectivity index (χ3n) is 7.78. The number of anilines is 2. The van der Waals surface area contributed by atoms with Gasteiger partial charge in [0, 0.05) is 16.9 Å². The molecule has 0 aliphatic rings. The first-order valence-electron chi connectivity index (χ1n) is 16.7. The zero-order valence-corrected chi connectivity index (χ0v) is 28.0. The lowest BCUT2D eigenvalue weighted by molar-refractivity contribution is 0.0497. The van der Waals surface area contributed by atoms with Crippen LogP contribution in [-0.4, -0.2) is 38.2 Å². The molecule has 0 unspecified atom stereocenters. The molecular weight excluding hydrogens is 628 g/mol. The molecule has 0 heterocycles. The van der Waals surface area contributed by atoms with E-state index in [1.807, 2.05) is 91.0 Å². The number of ether oxygens (including phenoxy) is 4. The molecule has 0 saturated carbocycles. The standard InChI is InChI=1S/C42H42N2O6/c43-36-28-35(29-37(44)30-36)42(46)50-25-7-2-1-6-24-47-39-19-13-32(14-20-39)33-15-21-40(22-16-33)49-27-26-48-38-17-10-31(11-18-38)12-23-41(45)34-8-4-3-5-9-34/h3-5,8-23,28-30H,1-2,6-7,24-27,43-44H2. The van der Waals surface area contributed by atoms with Crippen molar-refractivity contribution < 1.29 is 28.5 Å². The Morgan fingerprint density at radius 3 is 1.58 bits per heavy atom. The molecule has 50 heavy (non-hydrogen) atoms. The van der Waals surface area contributed by atoms with E-state index < -0.39 is 5.97 Å². The number of nitrogen functional groups attached to an aromatic ring is 2. The van der Waals surface area contributed by atoms with Gasteiger partial charge in [0.1, 0.15) is 30.5 Å². The topological polar surface area (TPSA) is 123 Å². The number of unbranched alkanes of at least 4 members (excludes halogenated alkanes) is 3. The molecule has 256 valence electrons. The smallest absolute Gasteiger partial charge is 0.338 e. The first-order valence-corrected chi connectivity index (χ1v) is 16.7. The zero-order valence-electron chi connectivity index (χ0n) is 28.0. The van der Waals surface area contributed by atoms with Crippen molar-refractivity contribution in [2.45, 2.75) is 25.7 Å². The molecule has 0 spiro atoms. The minimum Gasteiger partial charge on any atom is -0.494 e. The van der Waals surface area contributed by atoms with Crippen LogP contribution in [0.2, 0.25) is 0 Å². The number of carbonyl (C=O) groups is 2. The van der Waals surface area contributed by atoms with Crippen molar-refractivity contribution in [2.75, 3.05) is 37.9 Å². The average Bonchev–Trinajstić information content (AvgIpc) is 3.14. The van der Waals surface area contributed by atoms with E-state index in [1.165, 1.54) is 0 Å². The Bertz CT molecular complexity index is 1820. The maximum absolute atomic E-state index is 12.3. The van der Waals surface area contributed by atoms with Crippen LogP contribution in [0.15, 0.2) is 127 Å². The lowest BCUT2D eigenvalue weighted by Gasteiger charge is -2.10. The van der Waals surface area contributed by atoms with Gasteiger partial charge in [-0.05, 0) is 103 Å². The Kier molecular flexibility index (Phi) is 13.1. The van der Waals surface area contributed by atoms with Gasteiger partial charge in [-0.25, -0.2) is 4.79 Å². The van der Waals surface area contributed by atoms with Gasteiger partial charge in [0.25, 0.3) is 0 Å².